The summed E-state index contributed by atoms with van der Waals surface area (Å²) in [6.45, 7) is 0. The van der Waals surface area contributed by atoms with Crippen molar-refractivity contribution in [2.24, 2.45) is 0 Å². The number of hydrogen-bond donors (Lipinski definition) is 1. The lowest BCUT2D eigenvalue weighted by Crippen LogP contribution is -2.05. The fourth-order valence-corrected chi connectivity index (χ4v) is 2.09. The van der Waals surface area contributed by atoms with E-state index in [2.05, 4.69) is 0 Å². The molecular formula is C16H16O4. The zero-order valence-corrected chi connectivity index (χ0v) is 11.4. The quantitative estimate of drug-likeness (QED) is 0.850. The molecule has 0 saturated carbocycles. The largest absolute Gasteiger partial charge is 0.496 e. The van der Waals surface area contributed by atoms with Crippen LogP contribution in [0.3, 0.4) is 0 Å². The minimum Gasteiger partial charge on any atom is -0.496 e. The van der Waals surface area contributed by atoms with Crippen molar-refractivity contribution in [1.82, 2.24) is 0 Å². The molecule has 4 heteroatoms. The summed E-state index contributed by atoms with van der Waals surface area (Å²) in [5, 5.41) is 10.5. The molecule has 0 fully saturated rings. The Morgan fingerprint density at radius 3 is 2.30 bits per heavy atom. The fraction of sp³-hybridized carbons (Fsp3) is 0.188. The van der Waals surface area contributed by atoms with E-state index in [1.165, 1.54) is 7.11 Å². The third kappa shape index (κ3) is 2.65. The van der Waals surface area contributed by atoms with Crippen LogP contribution in [0.2, 0.25) is 0 Å². The number of aldehydes is 1. The standard InChI is InChI=1S/C16H16O4/c1-19-14-6-4-3-5-12(14)16(18)13-8-7-11(10-17)9-15(13)20-2/h3-10,16,18H,1-2H3. The lowest BCUT2D eigenvalue weighted by atomic mass is 9.98. The molecule has 0 radical (unpaired) electrons. The first-order chi connectivity index (χ1) is 9.71. The van der Waals surface area contributed by atoms with Gasteiger partial charge in [0.15, 0.2) is 0 Å². The number of rotatable bonds is 5. The molecular weight excluding hydrogens is 256 g/mol. The highest BCUT2D eigenvalue weighted by Crippen LogP contribution is 2.34. The monoisotopic (exact) mass is 272 g/mol. The van der Waals surface area contributed by atoms with Crippen LogP contribution in [0.25, 0.3) is 0 Å². The third-order valence-electron chi connectivity index (χ3n) is 3.12. The van der Waals surface area contributed by atoms with Gasteiger partial charge < -0.3 is 14.6 Å². The second-order valence-electron chi connectivity index (χ2n) is 4.26. The normalized spacial score (nSPS) is 11.8. The van der Waals surface area contributed by atoms with E-state index in [0.29, 0.717) is 28.2 Å². The van der Waals surface area contributed by atoms with Gasteiger partial charge in [0.1, 0.15) is 23.9 Å². The van der Waals surface area contributed by atoms with Gasteiger partial charge in [0, 0.05) is 16.7 Å². The molecule has 4 nitrogen and oxygen atoms in total. The summed E-state index contributed by atoms with van der Waals surface area (Å²) in [6.07, 6.45) is -0.149. The van der Waals surface area contributed by atoms with Gasteiger partial charge in [0.25, 0.3) is 0 Å². The lowest BCUT2D eigenvalue weighted by molar-refractivity contribution is 0.112. The predicted molar refractivity (Wildman–Crippen MR) is 75.4 cm³/mol. The number of hydrogen-bond acceptors (Lipinski definition) is 4. The topological polar surface area (TPSA) is 55.8 Å². The van der Waals surface area contributed by atoms with Crippen molar-refractivity contribution in [3.05, 3.63) is 59.2 Å². The molecule has 0 bridgehead atoms. The molecule has 0 aliphatic carbocycles. The third-order valence-corrected chi connectivity index (χ3v) is 3.12. The van der Waals surface area contributed by atoms with E-state index in [-0.39, 0.29) is 0 Å². The van der Waals surface area contributed by atoms with Crippen molar-refractivity contribution >= 4 is 6.29 Å². The molecule has 1 N–H and O–H groups in total. The highest BCUT2D eigenvalue weighted by molar-refractivity contribution is 5.76. The van der Waals surface area contributed by atoms with Gasteiger partial charge in [-0.1, -0.05) is 30.3 Å². The smallest absolute Gasteiger partial charge is 0.150 e. The fourth-order valence-electron chi connectivity index (χ4n) is 2.09. The number of carbonyl (C=O) groups is 1. The molecule has 20 heavy (non-hydrogen) atoms. The van der Waals surface area contributed by atoms with Crippen LogP contribution in [0.4, 0.5) is 0 Å². The number of ether oxygens (including phenoxy) is 2. The number of para-hydroxylation sites is 1. The van der Waals surface area contributed by atoms with Crippen LogP contribution in [0.5, 0.6) is 11.5 Å². The van der Waals surface area contributed by atoms with Crippen molar-refractivity contribution in [1.29, 1.82) is 0 Å². The number of aliphatic hydroxyl groups is 1. The second kappa shape index (κ2) is 6.21. The van der Waals surface area contributed by atoms with E-state index in [9.17, 15) is 9.90 Å². The van der Waals surface area contributed by atoms with Crippen LogP contribution in [0.1, 0.15) is 27.6 Å². The van der Waals surface area contributed by atoms with E-state index in [1.54, 1.807) is 37.4 Å². The molecule has 2 rings (SSSR count). The van der Waals surface area contributed by atoms with Gasteiger partial charge in [0.2, 0.25) is 0 Å². The highest BCUT2D eigenvalue weighted by Gasteiger charge is 2.19. The van der Waals surface area contributed by atoms with Gasteiger partial charge in [-0.2, -0.15) is 0 Å². The molecule has 2 aromatic rings. The number of aliphatic hydroxyl groups excluding tert-OH is 1. The van der Waals surface area contributed by atoms with Crippen molar-refractivity contribution in [2.45, 2.75) is 6.10 Å². The molecule has 0 aliphatic heterocycles. The second-order valence-corrected chi connectivity index (χ2v) is 4.26. The van der Waals surface area contributed by atoms with Gasteiger partial charge in [-0.05, 0) is 12.1 Å². The van der Waals surface area contributed by atoms with Gasteiger partial charge >= 0.3 is 0 Å². The Kier molecular flexibility index (Phi) is 4.38. The van der Waals surface area contributed by atoms with Crippen LogP contribution in [0.15, 0.2) is 42.5 Å². The first-order valence-electron chi connectivity index (χ1n) is 6.15. The van der Waals surface area contributed by atoms with Crippen LogP contribution in [0, 0.1) is 0 Å². The maximum Gasteiger partial charge on any atom is 0.150 e. The Balaban J connectivity index is 2.47. The van der Waals surface area contributed by atoms with Gasteiger partial charge in [-0.3, -0.25) is 4.79 Å². The SMILES string of the molecule is COc1ccccc1C(O)c1ccc(C=O)cc1OC. The summed E-state index contributed by atoms with van der Waals surface area (Å²) in [6, 6.07) is 12.2. The van der Waals surface area contributed by atoms with Crippen molar-refractivity contribution in [3.8, 4) is 11.5 Å². The van der Waals surface area contributed by atoms with Gasteiger partial charge in [0.05, 0.1) is 14.2 Å². The molecule has 1 atom stereocenters. The van der Waals surface area contributed by atoms with Crippen LogP contribution in [-0.4, -0.2) is 25.6 Å². The van der Waals surface area contributed by atoms with Crippen LogP contribution < -0.4 is 9.47 Å². The summed E-state index contributed by atoms with van der Waals surface area (Å²) in [7, 11) is 3.06. The highest BCUT2D eigenvalue weighted by atomic mass is 16.5. The van der Waals surface area contributed by atoms with E-state index < -0.39 is 6.10 Å². The molecule has 0 aromatic heterocycles. The van der Waals surface area contributed by atoms with E-state index >= 15 is 0 Å². The van der Waals surface area contributed by atoms with Crippen molar-refractivity contribution in [3.63, 3.8) is 0 Å². The summed E-state index contributed by atoms with van der Waals surface area (Å²) in [4.78, 5) is 10.8. The van der Waals surface area contributed by atoms with Crippen LogP contribution >= 0.6 is 0 Å². The Morgan fingerprint density at radius 2 is 1.65 bits per heavy atom. The van der Waals surface area contributed by atoms with E-state index in [4.69, 9.17) is 9.47 Å². The average Bonchev–Trinajstić information content (AvgIpc) is 2.53. The zero-order valence-electron chi connectivity index (χ0n) is 11.4. The van der Waals surface area contributed by atoms with E-state index in [1.807, 2.05) is 12.1 Å². The molecule has 0 amide bonds. The van der Waals surface area contributed by atoms with Crippen molar-refractivity contribution in [2.75, 3.05) is 14.2 Å². The molecule has 104 valence electrons. The molecule has 1 unspecified atom stereocenters. The van der Waals surface area contributed by atoms with E-state index in [0.717, 1.165) is 6.29 Å². The summed E-state index contributed by atoms with van der Waals surface area (Å²) < 4.78 is 10.5. The van der Waals surface area contributed by atoms with Crippen molar-refractivity contribution < 1.29 is 19.4 Å². The maximum absolute atomic E-state index is 10.8. The average molecular weight is 272 g/mol. The minimum absolute atomic E-state index is 0.466. The molecule has 0 heterocycles. The maximum atomic E-state index is 10.8. The lowest BCUT2D eigenvalue weighted by Gasteiger charge is -2.17. The Hall–Kier alpha value is -2.33. The van der Waals surface area contributed by atoms with Crippen LogP contribution in [-0.2, 0) is 0 Å². The van der Waals surface area contributed by atoms with Gasteiger partial charge in [-0.15, -0.1) is 0 Å². The first kappa shape index (κ1) is 14.1. The minimum atomic E-state index is -0.887. The number of benzene rings is 2. The number of methoxy groups -OCH3 is 2. The molecule has 0 aliphatic rings. The first-order valence-corrected chi connectivity index (χ1v) is 6.15. The predicted octanol–water partition coefficient (Wildman–Crippen LogP) is 2.60. The Bertz CT molecular complexity index is 607. The summed E-state index contributed by atoms with van der Waals surface area (Å²) in [5.74, 6) is 1.06. The summed E-state index contributed by atoms with van der Waals surface area (Å²) in [5.41, 5.74) is 1.73. The van der Waals surface area contributed by atoms with Gasteiger partial charge in [-0.25, -0.2) is 0 Å². The Morgan fingerprint density at radius 1 is 1.00 bits per heavy atom. The number of carbonyl (C=O) groups excluding carboxylic acids is 1. The molecule has 2 aromatic carbocycles. The zero-order chi connectivity index (χ0) is 14.5. The molecule has 0 saturated heterocycles. The Labute approximate surface area is 117 Å². The molecule has 0 spiro atoms. The summed E-state index contributed by atoms with van der Waals surface area (Å²) >= 11 is 0.